The number of aliphatic hydroxyl groups is 1. The SMILES string of the molecule is CN(C[C@H](O)C(F)(F)F)C(=O)Nc1ccc(-c2nccs2)cc1. The van der Waals surface area contributed by atoms with Gasteiger partial charge in [-0.1, -0.05) is 0 Å². The lowest BCUT2D eigenvalue weighted by Crippen LogP contribution is -2.43. The third-order valence-electron chi connectivity index (χ3n) is 2.99. The van der Waals surface area contributed by atoms with E-state index in [1.807, 2.05) is 5.38 Å². The number of benzene rings is 1. The van der Waals surface area contributed by atoms with E-state index in [9.17, 15) is 18.0 Å². The second-order valence-corrected chi connectivity index (χ2v) is 5.68. The fraction of sp³-hybridized carbons (Fsp3) is 0.286. The Balaban J connectivity index is 1.95. The van der Waals surface area contributed by atoms with Gasteiger partial charge < -0.3 is 15.3 Å². The Bertz CT molecular complexity index is 644. The quantitative estimate of drug-likeness (QED) is 0.894. The number of amides is 2. The van der Waals surface area contributed by atoms with Crippen LogP contribution < -0.4 is 5.32 Å². The zero-order chi connectivity index (χ0) is 17.0. The molecule has 2 N–H and O–H groups in total. The van der Waals surface area contributed by atoms with Gasteiger partial charge in [0.25, 0.3) is 0 Å². The van der Waals surface area contributed by atoms with Crippen molar-refractivity contribution in [2.45, 2.75) is 12.3 Å². The maximum Gasteiger partial charge on any atom is 0.416 e. The molecular formula is C14H14F3N3O2S. The van der Waals surface area contributed by atoms with Gasteiger partial charge in [0.05, 0.1) is 6.54 Å². The number of urea groups is 1. The van der Waals surface area contributed by atoms with E-state index in [1.165, 1.54) is 18.4 Å². The number of thiazole rings is 1. The summed E-state index contributed by atoms with van der Waals surface area (Å²) in [6.45, 7) is -0.841. The first-order valence-corrected chi connectivity index (χ1v) is 7.42. The summed E-state index contributed by atoms with van der Waals surface area (Å²) in [4.78, 5) is 16.7. The lowest BCUT2D eigenvalue weighted by atomic mass is 10.2. The van der Waals surface area contributed by atoms with Gasteiger partial charge in [-0.15, -0.1) is 11.3 Å². The highest BCUT2D eigenvalue weighted by Crippen LogP contribution is 2.23. The normalized spacial score (nSPS) is 12.7. The predicted octanol–water partition coefficient (Wildman–Crippen LogP) is 3.20. The first-order valence-electron chi connectivity index (χ1n) is 6.54. The van der Waals surface area contributed by atoms with Crippen molar-refractivity contribution in [2.24, 2.45) is 0 Å². The smallest absolute Gasteiger partial charge is 0.382 e. The molecule has 0 aliphatic heterocycles. The van der Waals surface area contributed by atoms with E-state index in [0.29, 0.717) is 5.69 Å². The van der Waals surface area contributed by atoms with Gasteiger partial charge in [0, 0.05) is 29.9 Å². The topological polar surface area (TPSA) is 65.5 Å². The van der Waals surface area contributed by atoms with Crippen LogP contribution in [0.5, 0.6) is 0 Å². The molecule has 0 saturated carbocycles. The van der Waals surface area contributed by atoms with Crippen molar-refractivity contribution >= 4 is 23.1 Å². The van der Waals surface area contributed by atoms with Crippen LogP contribution in [0.3, 0.4) is 0 Å². The fourth-order valence-corrected chi connectivity index (χ4v) is 2.37. The maximum atomic E-state index is 12.3. The minimum Gasteiger partial charge on any atom is -0.382 e. The van der Waals surface area contributed by atoms with E-state index >= 15 is 0 Å². The monoisotopic (exact) mass is 345 g/mol. The Morgan fingerprint density at radius 1 is 1.39 bits per heavy atom. The summed E-state index contributed by atoms with van der Waals surface area (Å²) in [6, 6.07) is 6.01. The molecule has 0 aliphatic rings. The van der Waals surface area contributed by atoms with Gasteiger partial charge in [-0.2, -0.15) is 13.2 Å². The molecule has 1 aromatic carbocycles. The number of carbonyl (C=O) groups excluding carboxylic acids is 1. The number of aliphatic hydroxyl groups excluding tert-OH is 1. The number of aromatic nitrogens is 1. The van der Waals surface area contributed by atoms with Crippen LogP contribution in [0.2, 0.25) is 0 Å². The number of carbonyl (C=O) groups is 1. The molecule has 2 aromatic rings. The number of nitrogens with zero attached hydrogens (tertiary/aromatic N) is 2. The van der Waals surface area contributed by atoms with E-state index in [4.69, 9.17) is 5.11 Å². The van der Waals surface area contributed by atoms with Gasteiger partial charge in [0.15, 0.2) is 6.10 Å². The molecule has 2 rings (SSSR count). The van der Waals surface area contributed by atoms with Gasteiger partial charge in [0.2, 0.25) is 0 Å². The largest absolute Gasteiger partial charge is 0.416 e. The van der Waals surface area contributed by atoms with Gasteiger partial charge in [-0.05, 0) is 24.3 Å². The summed E-state index contributed by atoms with van der Waals surface area (Å²) >= 11 is 1.47. The van der Waals surface area contributed by atoms with E-state index < -0.39 is 24.9 Å². The third-order valence-corrected chi connectivity index (χ3v) is 3.81. The summed E-state index contributed by atoms with van der Waals surface area (Å²) in [6.07, 6.45) is -5.66. The van der Waals surface area contributed by atoms with Crippen molar-refractivity contribution in [1.82, 2.24) is 9.88 Å². The van der Waals surface area contributed by atoms with Crippen molar-refractivity contribution in [2.75, 3.05) is 18.9 Å². The number of nitrogens with one attached hydrogen (secondary N) is 1. The van der Waals surface area contributed by atoms with Crippen LogP contribution in [0.15, 0.2) is 35.8 Å². The zero-order valence-electron chi connectivity index (χ0n) is 12.0. The molecule has 0 bridgehead atoms. The molecule has 0 fully saturated rings. The Labute approximate surface area is 134 Å². The Morgan fingerprint density at radius 3 is 2.57 bits per heavy atom. The molecule has 9 heteroatoms. The van der Waals surface area contributed by atoms with E-state index in [1.54, 1.807) is 30.5 Å². The lowest BCUT2D eigenvalue weighted by molar-refractivity contribution is -0.205. The molecule has 23 heavy (non-hydrogen) atoms. The average Bonchev–Trinajstić information content (AvgIpc) is 3.01. The van der Waals surface area contributed by atoms with Gasteiger partial charge in [-0.25, -0.2) is 9.78 Å². The molecule has 0 saturated heterocycles. The summed E-state index contributed by atoms with van der Waals surface area (Å²) in [5.41, 5.74) is 1.31. The van der Waals surface area contributed by atoms with Crippen LogP contribution in [-0.2, 0) is 0 Å². The molecular weight excluding hydrogens is 331 g/mol. The summed E-state index contributed by atoms with van der Waals surface area (Å²) in [5, 5.41) is 14.1. The Hall–Kier alpha value is -2.13. The molecule has 2 amide bonds. The average molecular weight is 345 g/mol. The first kappa shape index (κ1) is 17.2. The highest BCUT2D eigenvalue weighted by molar-refractivity contribution is 7.13. The van der Waals surface area contributed by atoms with Gasteiger partial charge in [0.1, 0.15) is 5.01 Å². The Morgan fingerprint density at radius 2 is 2.04 bits per heavy atom. The van der Waals surface area contributed by atoms with Crippen molar-refractivity contribution in [3.8, 4) is 10.6 Å². The first-order chi connectivity index (χ1) is 10.8. The number of alkyl halides is 3. The number of rotatable bonds is 4. The number of anilines is 1. The van der Waals surface area contributed by atoms with Crippen LogP contribution in [0.1, 0.15) is 0 Å². The van der Waals surface area contributed by atoms with Crippen molar-refractivity contribution in [3.05, 3.63) is 35.8 Å². The standard InChI is InChI=1S/C14H14F3N3O2S/c1-20(8-11(21)14(15,16)17)13(22)19-10-4-2-9(3-5-10)12-18-6-7-23-12/h2-7,11,21H,8H2,1H3,(H,19,22)/t11-/m0/s1. The molecule has 0 aliphatic carbocycles. The number of halogens is 3. The molecule has 5 nitrogen and oxygen atoms in total. The van der Waals surface area contributed by atoms with Crippen molar-refractivity contribution in [1.29, 1.82) is 0 Å². The highest BCUT2D eigenvalue weighted by atomic mass is 32.1. The molecule has 1 atom stereocenters. The number of likely N-dealkylation sites (N-methyl/N-ethyl adjacent to an activating group) is 1. The van der Waals surface area contributed by atoms with E-state index in [2.05, 4.69) is 10.3 Å². The zero-order valence-corrected chi connectivity index (χ0v) is 12.9. The minimum atomic E-state index is -4.76. The fourth-order valence-electron chi connectivity index (χ4n) is 1.73. The second kappa shape index (κ2) is 6.97. The van der Waals surface area contributed by atoms with Crippen LogP contribution in [-0.4, -0.2) is 46.9 Å². The van der Waals surface area contributed by atoms with E-state index in [-0.39, 0.29) is 0 Å². The molecule has 0 radical (unpaired) electrons. The van der Waals surface area contributed by atoms with Crippen LogP contribution in [0.25, 0.3) is 10.6 Å². The second-order valence-electron chi connectivity index (χ2n) is 4.78. The van der Waals surface area contributed by atoms with Crippen molar-refractivity contribution in [3.63, 3.8) is 0 Å². The van der Waals surface area contributed by atoms with Crippen LogP contribution in [0.4, 0.5) is 23.7 Å². The minimum absolute atomic E-state index is 0.434. The number of hydrogen-bond donors (Lipinski definition) is 2. The molecule has 1 heterocycles. The third kappa shape index (κ3) is 4.67. The molecule has 0 spiro atoms. The van der Waals surface area contributed by atoms with Gasteiger partial charge in [-0.3, -0.25) is 0 Å². The van der Waals surface area contributed by atoms with E-state index in [0.717, 1.165) is 15.5 Å². The highest BCUT2D eigenvalue weighted by Gasteiger charge is 2.39. The summed E-state index contributed by atoms with van der Waals surface area (Å²) in [7, 11) is 1.17. The van der Waals surface area contributed by atoms with Crippen LogP contribution >= 0.6 is 11.3 Å². The summed E-state index contributed by atoms with van der Waals surface area (Å²) in [5.74, 6) is 0. The van der Waals surface area contributed by atoms with Crippen LogP contribution in [0, 0.1) is 0 Å². The molecule has 0 unspecified atom stereocenters. The lowest BCUT2D eigenvalue weighted by Gasteiger charge is -2.22. The van der Waals surface area contributed by atoms with Gasteiger partial charge >= 0.3 is 12.2 Å². The number of hydrogen-bond acceptors (Lipinski definition) is 4. The molecule has 1 aromatic heterocycles. The van der Waals surface area contributed by atoms with Crippen molar-refractivity contribution < 1.29 is 23.1 Å². The summed E-state index contributed by atoms with van der Waals surface area (Å²) < 4.78 is 36.8. The molecule has 124 valence electrons. The Kier molecular flexibility index (Phi) is 5.22. The predicted molar refractivity (Wildman–Crippen MR) is 81.3 cm³/mol. The maximum absolute atomic E-state index is 12.3.